The number of amides is 3. The minimum Gasteiger partial charge on any atom is -0.444 e. The quantitative estimate of drug-likeness (QED) is 0.581. The number of nitriles is 1. The number of ether oxygens (including phenoxy) is 1. The molecule has 2 aromatic carbocycles. The number of benzene rings is 2. The number of alkyl carbamates (subject to hydrolysis) is 1. The Bertz CT molecular complexity index is 1030. The Balaban J connectivity index is 2.33. The second-order valence-corrected chi connectivity index (χ2v) is 8.95. The van der Waals surface area contributed by atoms with E-state index >= 15 is 0 Å². The lowest BCUT2D eigenvalue weighted by atomic mass is 9.94. The van der Waals surface area contributed by atoms with Crippen LogP contribution in [-0.4, -0.2) is 41.5 Å². The number of nitrogens with zero attached hydrogens (tertiary/aromatic N) is 2. The van der Waals surface area contributed by atoms with Gasteiger partial charge in [0, 0.05) is 6.54 Å². The highest BCUT2D eigenvalue weighted by molar-refractivity contribution is 5.91. The molecule has 2 aromatic rings. The van der Waals surface area contributed by atoms with Crippen LogP contribution >= 0.6 is 0 Å². The van der Waals surface area contributed by atoms with E-state index in [-0.39, 0.29) is 13.1 Å². The number of rotatable bonds is 8. The molecule has 1 atom stereocenters. The molecule has 0 saturated heterocycles. The molecule has 0 spiro atoms. The Morgan fingerprint density at radius 3 is 2.18 bits per heavy atom. The van der Waals surface area contributed by atoms with E-state index < -0.39 is 36.1 Å². The summed E-state index contributed by atoms with van der Waals surface area (Å²) in [6, 6.07) is 15.9. The van der Waals surface area contributed by atoms with Crippen molar-refractivity contribution >= 4 is 17.9 Å². The summed E-state index contributed by atoms with van der Waals surface area (Å²) in [5.41, 5.74) is 2.46. The number of carbonyl (C=O) groups is 3. The number of hydrogen-bond acceptors (Lipinski definition) is 5. The third kappa shape index (κ3) is 7.62. The Labute approximate surface area is 200 Å². The van der Waals surface area contributed by atoms with Crippen molar-refractivity contribution in [3.63, 3.8) is 0 Å². The van der Waals surface area contributed by atoms with Crippen LogP contribution in [-0.2, 0) is 20.9 Å². The van der Waals surface area contributed by atoms with Crippen LogP contribution in [0.25, 0.3) is 0 Å². The topological polar surface area (TPSA) is 112 Å². The first kappa shape index (κ1) is 26.4. The molecule has 0 saturated carbocycles. The fraction of sp³-hybridized carbons (Fsp3) is 0.385. The fourth-order valence-electron chi connectivity index (χ4n) is 3.53. The summed E-state index contributed by atoms with van der Waals surface area (Å²) < 4.78 is 5.18. The summed E-state index contributed by atoms with van der Waals surface area (Å²) >= 11 is 0. The van der Waals surface area contributed by atoms with Crippen molar-refractivity contribution in [1.82, 2.24) is 15.5 Å². The van der Waals surface area contributed by atoms with Gasteiger partial charge in [-0.3, -0.25) is 9.59 Å². The van der Waals surface area contributed by atoms with Gasteiger partial charge in [0.1, 0.15) is 24.7 Å². The molecule has 0 aliphatic rings. The van der Waals surface area contributed by atoms with Gasteiger partial charge in [0.15, 0.2) is 0 Å². The summed E-state index contributed by atoms with van der Waals surface area (Å²) in [7, 11) is 0. The normalized spacial score (nSPS) is 11.6. The molecule has 0 fully saturated rings. The largest absolute Gasteiger partial charge is 0.444 e. The maximum atomic E-state index is 13.4. The molecule has 0 radical (unpaired) electrons. The number of nitrogens with one attached hydrogen (secondary N) is 2. The molecule has 3 amide bonds. The monoisotopic (exact) mass is 464 g/mol. The molecule has 1 unspecified atom stereocenters. The lowest BCUT2D eigenvalue weighted by Crippen LogP contribution is -2.48. The smallest absolute Gasteiger partial charge is 0.408 e. The van der Waals surface area contributed by atoms with Crippen LogP contribution in [0.3, 0.4) is 0 Å². The summed E-state index contributed by atoms with van der Waals surface area (Å²) in [6.07, 6.45) is -0.755. The summed E-state index contributed by atoms with van der Waals surface area (Å²) in [5.74, 6) is -0.989. The lowest BCUT2D eigenvalue weighted by molar-refractivity contribution is -0.139. The Hall–Kier alpha value is -3.86. The maximum absolute atomic E-state index is 13.4. The van der Waals surface area contributed by atoms with E-state index in [9.17, 15) is 19.6 Å². The van der Waals surface area contributed by atoms with E-state index in [0.29, 0.717) is 5.56 Å². The van der Waals surface area contributed by atoms with Gasteiger partial charge in [-0.1, -0.05) is 48.5 Å². The average molecular weight is 465 g/mol. The van der Waals surface area contributed by atoms with Gasteiger partial charge in [-0.25, -0.2) is 4.79 Å². The highest BCUT2D eigenvalue weighted by Gasteiger charge is 2.33. The van der Waals surface area contributed by atoms with Crippen LogP contribution in [0.1, 0.15) is 49.1 Å². The van der Waals surface area contributed by atoms with Gasteiger partial charge in [-0.05, 0) is 56.9 Å². The van der Waals surface area contributed by atoms with E-state index in [1.54, 1.807) is 20.8 Å². The Morgan fingerprint density at radius 1 is 1.00 bits per heavy atom. The van der Waals surface area contributed by atoms with E-state index in [0.717, 1.165) is 16.7 Å². The molecule has 180 valence electrons. The number of aryl methyl sites for hydroxylation is 2. The van der Waals surface area contributed by atoms with Crippen molar-refractivity contribution in [2.75, 3.05) is 13.1 Å². The first-order valence-corrected chi connectivity index (χ1v) is 11.0. The molecular weight excluding hydrogens is 432 g/mol. The SMILES string of the molecule is Cc1cccc(C)c1C(C(=O)NCc1ccccc1)N(CC#N)C(=O)CNC(=O)OC(C)(C)C. The van der Waals surface area contributed by atoms with E-state index in [1.807, 2.05) is 68.4 Å². The van der Waals surface area contributed by atoms with Crippen LogP contribution in [0.15, 0.2) is 48.5 Å². The lowest BCUT2D eigenvalue weighted by Gasteiger charge is -2.31. The third-order valence-corrected chi connectivity index (χ3v) is 5.03. The molecule has 8 heteroatoms. The molecule has 8 nitrogen and oxygen atoms in total. The van der Waals surface area contributed by atoms with Crippen molar-refractivity contribution in [3.8, 4) is 6.07 Å². The molecule has 0 heterocycles. The zero-order valence-electron chi connectivity index (χ0n) is 20.3. The minimum absolute atomic E-state index is 0.270. The van der Waals surface area contributed by atoms with Crippen molar-refractivity contribution in [2.24, 2.45) is 0 Å². The molecule has 0 aliphatic carbocycles. The average Bonchev–Trinajstić information content (AvgIpc) is 2.77. The summed E-state index contributed by atoms with van der Waals surface area (Å²) in [5, 5.41) is 14.8. The molecule has 2 N–H and O–H groups in total. The van der Waals surface area contributed by atoms with Crippen molar-refractivity contribution < 1.29 is 19.1 Å². The highest BCUT2D eigenvalue weighted by Crippen LogP contribution is 2.28. The van der Waals surface area contributed by atoms with Crippen LogP contribution in [0.4, 0.5) is 4.79 Å². The first-order valence-electron chi connectivity index (χ1n) is 11.0. The molecule has 34 heavy (non-hydrogen) atoms. The van der Waals surface area contributed by atoms with E-state index in [2.05, 4.69) is 10.6 Å². The van der Waals surface area contributed by atoms with Crippen LogP contribution in [0.5, 0.6) is 0 Å². The van der Waals surface area contributed by atoms with Gasteiger partial charge in [-0.15, -0.1) is 0 Å². The van der Waals surface area contributed by atoms with Crippen molar-refractivity contribution in [3.05, 3.63) is 70.8 Å². The third-order valence-electron chi connectivity index (χ3n) is 5.03. The Kier molecular flexibility index (Phi) is 9.19. The zero-order valence-corrected chi connectivity index (χ0v) is 20.3. The van der Waals surface area contributed by atoms with Gasteiger partial charge in [-0.2, -0.15) is 5.26 Å². The maximum Gasteiger partial charge on any atom is 0.408 e. The van der Waals surface area contributed by atoms with Crippen molar-refractivity contribution in [2.45, 2.75) is 52.8 Å². The summed E-state index contributed by atoms with van der Waals surface area (Å²) in [4.78, 5) is 39.8. The fourth-order valence-corrected chi connectivity index (χ4v) is 3.53. The van der Waals surface area contributed by atoms with Crippen LogP contribution in [0, 0.1) is 25.2 Å². The van der Waals surface area contributed by atoms with Gasteiger partial charge < -0.3 is 20.3 Å². The van der Waals surface area contributed by atoms with Gasteiger partial charge >= 0.3 is 6.09 Å². The van der Waals surface area contributed by atoms with Crippen LogP contribution < -0.4 is 10.6 Å². The predicted molar refractivity (Wildman–Crippen MR) is 129 cm³/mol. The predicted octanol–water partition coefficient (Wildman–Crippen LogP) is 3.54. The zero-order chi connectivity index (χ0) is 25.3. The van der Waals surface area contributed by atoms with Gasteiger partial charge in [0.05, 0.1) is 6.07 Å². The summed E-state index contributed by atoms with van der Waals surface area (Å²) in [6.45, 7) is 8.38. The second-order valence-electron chi connectivity index (χ2n) is 8.95. The highest BCUT2D eigenvalue weighted by atomic mass is 16.6. The number of hydrogen-bond donors (Lipinski definition) is 2. The molecule has 0 aliphatic heterocycles. The van der Waals surface area contributed by atoms with E-state index in [4.69, 9.17) is 4.74 Å². The molecule has 0 aromatic heterocycles. The molecule has 2 rings (SSSR count). The minimum atomic E-state index is -1.04. The van der Waals surface area contributed by atoms with Gasteiger partial charge in [0.2, 0.25) is 11.8 Å². The Morgan fingerprint density at radius 2 is 1.62 bits per heavy atom. The molecular formula is C26H32N4O4. The van der Waals surface area contributed by atoms with Crippen molar-refractivity contribution in [1.29, 1.82) is 5.26 Å². The second kappa shape index (κ2) is 11.8. The van der Waals surface area contributed by atoms with E-state index in [1.165, 1.54) is 4.90 Å². The van der Waals surface area contributed by atoms with Crippen LogP contribution in [0.2, 0.25) is 0 Å². The standard InChI is InChI=1S/C26H32N4O4/c1-18-10-9-11-19(2)22(18)23(24(32)28-16-20-12-7-6-8-13-20)30(15-14-27)21(31)17-29-25(33)34-26(3,4)5/h6-13,23H,15-17H2,1-5H3,(H,28,32)(H,29,33). The molecule has 0 bridgehead atoms. The number of carbonyl (C=O) groups excluding carboxylic acids is 3. The first-order chi connectivity index (χ1) is 16.0. The van der Waals surface area contributed by atoms with Gasteiger partial charge in [0.25, 0.3) is 0 Å².